The molecule has 12 heavy (non-hydrogen) atoms. The molecule has 0 saturated heterocycles. The Labute approximate surface area is 71.2 Å². The maximum absolute atomic E-state index is 13.0. The van der Waals surface area contributed by atoms with Gasteiger partial charge < -0.3 is 4.74 Å². The Hall–Kier alpha value is -1.49. The third-order valence-corrected chi connectivity index (χ3v) is 1.40. The Kier molecular flexibility index (Phi) is 2.71. The van der Waals surface area contributed by atoms with Gasteiger partial charge in [0.1, 0.15) is 0 Å². The smallest absolute Gasteiger partial charge is 0.166 e. The van der Waals surface area contributed by atoms with E-state index in [0.29, 0.717) is 12.2 Å². The van der Waals surface area contributed by atoms with Crippen LogP contribution < -0.4 is 4.74 Å². The average Bonchev–Trinajstić information content (AvgIpc) is 2.09. The van der Waals surface area contributed by atoms with Crippen LogP contribution in [0.2, 0.25) is 0 Å². The highest BCUT2D eigenvalue weighted by Crippen LogP contribution is 2.17. The molecule has 0 unspecified atom stereocenters. The third kappa shape index (κ3) is 1.76. The molecule has 62 valence electrons. The van der Waals surface area contributed by atoms with E-state index >= 15 is 0 Å². The Morgan fingerprint density at radius 2 is 2.33 bits per heavy atom. The van der Waals surface area contributed by atoms with Crippen LogP contribution in [-0.4, -0.2) is 6.61 Å². The Balaban J connectivity index is 2.97. The van der Waals surface area contributed by atoms with Gasteiger partial charge in [-0.25, -0.2) is 4.39 Å². The van der Waals surface area contributed by atoms with Crippen molar-refractivity contribution in [3.63, 3.8) is 0 Å². The zero-order chi connectivity index (χ0) is 8.97. The highest BCUT2D eigenvalue weighted by atomic mass is 19.1. The van der Waals surface area contributed by atoms with Crippen molar-refractivity contribution in [1.82, 2.24) is 0 Å². The van der Waals surface area contributed by atoms with Crippen molar-refractivity contribution in [2.45, 2.75) is 6.92 Å². The molecular weight excluding hydrogens is 155 g/mol. The van der Waals surface area contributed by atoms with E-state index in [0.717, 1.165) is 0 Å². The predicted molar refractivity (Wildman–Crippen MR) is 45.5 cm³/mol. The van der Waals surface area contributed by atoms with E-state index in [4.69, 9.17) is 11.2 Å². The van der Waals surface area contributed by atoms with Crippen LogP contribution >= 0.6 is 0 Å². The summed E-state index contributed by atoms with van der Waals surface area (Å²) >= 11 is 0. The predicted octanol–water partition coefficient (Wildman–Crippen LogP) is 2.21. The molecule has 0 spiro atoms. The Morgan fingerprint density at radius 3 is 2.83 bits per heavy atom. The standard InChI is InChI=1S/C10H9FO/c1-3-8-5-6-10(12-4-2)9(11)7-8/h1,5-7H,4H2,2H3. The van der Waals surface area contributed by atoms with Crippen LogP contribution in [-0.2, 0) is 0 Å². The molecule has 1 rings (SSSR count). The topological polar surface area (TPSA) is 9.23 Å². The normalized spacial score (nSPS) is 9.08. The lowest BCUT2D eigenvalue weighted by molar-refractivity contribution is 0.321. The van der Waals surface area contributed by atoms with E-state index in [9.17, 15) is 4.39 Å². The summed E-state index contributed by atoms with van der Waals surface area (Å²) in [6, 6.07) is 4.47. The minimum atomic E-state index is -0.410. The Bertz CT molecular complexity index is 312. The zero-order valence-electron chi connectivity index (χ0n) is 6.80. The third-order valence-electron chi connectivity index (χ3n) is 1.40. The summed E-state index contributed by atoms with van der Waals surface area (Å²) in [6.07, 6.45) is 5.09. The summed E-state index contributed by atoms with van der Waals surface area (Å²) in [6.45, 7) is 2.25. The van der Waals surface area contributed by atoms with Gasteiger partial charge in [0.25, 0.3) is 0 Å². The summed E-state index contributed by atoms with van der Waals surface area (Å²) in [5, 5.41) is 0. The number of hydrogen-bond acceptors (Lipinski definition) is 1. The van der Waals surface area contributed by atoms with Crippen molar-refractivity contribution in [2.75, 3.05) is 6.61 Å². The van der Waals surface area contributed by atoms with E-state index in [1.54, 1.807) is 13.0 Å². The van der Waals surface area contributed by atoms with E-state index in [1.807, 2.05) is 0 Å². The number of ether oxygens (including phenoxy) is 1. The lowest BCUT2D eigenvalue weighted by atomic mass is 10.2. The molecule has 1 aromatic rings. The van der Waals surface area contributed by atoms with Gasteiger partial charge in [-0.1, -0.05) is 5.92 Å². The first-order valence-electron chi connectivity index (χ1n) is 3.67. The summed E-state index contributed by atoms with van der Waals surface area (Å²) in [7, 11) is 0. The van der Waals surface area contributed by atoms with Crippen molar-refractivity contribution in [2.24, 2.45) is 0 Å². The number of halogens is 1. The molecule has 0 aliphatic heterocycles. The first-order valence-corrected chi connectivity index (χ1v) is 3.67. The van der Waals surface area contributed by atoms with E-state index < -0.39 is 5.82 Å². The minimum absolute atomic E-state index is 0.247. The first kappa shape index (κ1) is 8.61. The maximum Gasteiger partial charge on any atom is 0.166 e. The quantitative estimate of drug-likeness (QED) is 0.609. The molecule has 0 atom stereocenters. The van der Waals surface area contributed by atoms with Gasteiger partial charge in [0.2, 0.25) is 0 Å². The summed E-state index contributed by atoms with van der Waals surface area (Å²) < 4.78 is 18.0. The van der Waals surface area contributed by atoms with Gasteiger partial charge in [-0.3, -0.25) is 0 Å². The average molecular weight is 164 g/mol. The minimum Gasteiger partial charge on any atom is -0.491 e. The second-order valence-corrected chi connectivity index (χ2v) is 2.22. The molecule has 0 amide bonds. The fraction of sp³-hybridized carbons (Fsp3) is 0.200. The van der Waals surface area contributed by atoms with Crippen LogP contribution in [0.3, 0.4) is 0 Å². The zero-order valence-corrected chi connectivity index (χ0v) is 6.80. The molecule has 0 N–H and O–H groups in total. The molecule has 1 nitrogen and oxygen atoms in total. The van der Waals surface area contributed by atoms with Gasteiger partial charge in [0.15, 0.2) is 11.6 Å². The number of rotatable bonds is 2. The van der Waals surface area contributed by atoms with Crippen molar-refractivity contribution >= 4 is 0 Å². The van der Waals surface area contributed by atoms with E-state index in [2.05, 4.69) is 5.92 Å². The van der Waals surface area contributed by atoms with Crippen molar-refractivity contribution in [3.05, 3.63) is 29.6 Å². The lowest BCUT2D eigenvalue weighted by Gasteiger charge is -2.03. The summed E-state index contributed by atoms with van der Waals surface area (Å²) in [5.74, 6) is 2.18. The molecule has 2 heteroatoms. The number of terminal acetylenes is 1. The van der Waals surface area contributed by atoms with E-state index in [-0.39, 0.29) is 5.75 Å². The number of benzene rings is 1. The summed E-state index contributed by atoms with van der Waals surface area (Å²) in [4.78, 5) is 0. The fourth-order valence-corrected chi connectivity index (χ4v) is 0.863. The molecular formula is C10H9FO. The maximum atomic E-state index is 13.0. The van der Waals surface area contributed by atoms with Crippen LogP contribution in [0.25, 0.3) is 0 Å². The van der Waals surface area contributed by atoms with Crippen LogP contribution in [0.1, 0.15) is 12.5 Å². The summed E-state index contributed by atoms with van der Waals surface area (Å²) in [5.41, 5.74) is 0.524. The largest absolute Gasteiger partial charge is 0.491 e. The van der Waals surface area contributed by atoms with Crippen LogP contribution in [0.4, 0.5) is 4.39 Å². The molecule has 0 aliphatic rings. The van der Waals surface area contributed by atoms with Crippen LogP contribution in [0.5, 0.6) is 5.75 Å². The van der Waals surface area contributed by atoms with Gasteiger partial charge in [-0.05, 0) is 25.1 Å². The lowest BCUT2D eigenvalue weighted by Crippen LogP contribution is -1.94. The molecule has 0 heterocycles. The van der Waals surface area contributed by atoms with Crippen LogP contribution in [0.15, 0.2) is 18.2 Å². The van der Waals surface area contributed by atoms with Crippen molar-refractivity contribution in [3.8, 4) is 18.1 Å². The second kappa shape index (κ2) is 3.77. The van der Waals surface area contributed by atoms with Gasteiger partial charge in [-0.15, -0.1) is 6.42 Å². The molecule has 0 aliphatic carbocycles. The molecule has 0 fully saturated rings. The highest BCUT2D eigenvalue weighted by molar-refractivity contribution is 5.37. The SMILES string of the molecule is C#Cc1ccc(OCC)c(F)c1. The van der Waals surface area contributed by atoms with Crippen LogP contribution in [0, 0.1) is 18.2 Å². The van der Waals surface area contributed by atoms with E-state index in [1.165, 1.54) is 12.1 Å². The van der Waals surface area contributed by atoms with Gasteiger partial charge in [0, 0.05) is 5.56 Å². The number of hydrogen-bond donors (Lipinski definition) is 0. The second-order valence-electron chi connectivity index (χ2n) is 2.22. The molecule has 0 saturated carbocycles. The van der Waals surface area contributed by atoms with Gasteiger partial charge in [-0.2, -0.15) is 0 Å². The monoisotopic (exact) mass is 164 g/mol. The first-order chi connectivity index (χ1) is 5.77. The van der Waals surface area contributed by atoms with Gasteiger partial charge >= 0.3 is 0 Å². The molecule has 0 radical (unpaired) electrons. The highest BCUT2D eigenvalue weighted by Gasteiger charge is 2.01. The Morgan fingerprint density at radius 1 is 1.58 bits per heavy atom. The molecule has 0 bridgehead atoms. The molecule has 1 aromatic carbocycles. The fourth-order valence-electron chi connectivity index (χ4n) is 0.863. The molecule has 0 aromatic heterocycles. The van der Waals surface area contributed by atoms with Gasteiger partial charge in [0.05, 0.1) is 6.61 Å². The van der Waals surface area contributed by atoms with Crippen molar-refractivity contribution < 1.29 is 9.13 Å². The van der Waals surface area contributed by atoms with Crippen molar-refractivity contribution in [1.29, 1.82) is 0 Å².